The number of nitrogens with one attached hydrogen (secondary N) is 2. The number of rotatable bonds is 4. The number of carbonyl (C=O) groups is 2. The van der Waals surface area contributed by atoms with Crippen molar-refractivity contribution in [2.24, 2.45) is 0 Å². The Balaban J connectivity index is 1.50. The maximum absolute atomic E-state index is 12.4. The van der Waals surface area contributed by atoms with E-state index in [9.17, 15) is 9.59 Å². The van der Waals surface area contributed by atoms with Gasteiger partial charge in [-0.3, -0.25) is 9.59 Å². The van der Waals surface area contributed by atoms with Crippen LogP contribution >= 0.6 is 11.8 Å². The monoisotopic (exact) mass is 372 g/mol. The van der Waals surface area contributed by atoms with Crippen LogP contribution in [0.1, 0.15) is 24.1 Å². The van der Waals surface area contributed by atoms with Gasteiger partial charge < -0.3 is 15.4 Å². The molecule has 0 saturated carbocycles. The Morgan fingerprint density at radius 3 is 2.85 bits per heavy atom. The molecule has 2 aliphatic heterocycles. The molecule has 1 aromatic carbocycles. The minimum absolute atomic E-state index is 0.00208. The molecule has 1 atom stereocenters. The molecule has 8 heteroatoms. The van der Waals surface area contributed by atoms with E-state index in [2.05, 4.69) is 15.7 Å². The van der Waals surface area contributed by atoms with Gasteiger partial charge in [-0.15, -0.1) is 0 Å². The number of anilines is 1. The number of amides is 2. The average Bonchev–Trinajstić information content (AvgIpc) is 3.39. The zero-order chi connectivity index (χ0) is 17.9. The normalized spacial score (nSPS) is 18.5. The summed E-state index contributed by atoms with van der Waals surface area (Å²) in [5.74, 6) is 0.826. The zero-order valence-corrected chi connectivity index (χ0v) is 15.1. The quantitative estimate of drug-likeness (QED) is 0.800. The Labute approximate surface area is 155 Å². The molecule has 4 rings (SSSR count). The fraction of sp³-hybridized carbons (Fsp3) is 0.389. The third-order valence-corrected chi connectivity index (χ3v) is 5.48. The van der Waals surface area contributed by atoms with Crippen LogP contribution in [0, 0.1) is 0 Å². The highest BCUT2D eigenvalue weighted by Gasteiger charge is 2.27. The van der Waals surface area contributed by atoms with E-state index in [0.717, 1.165) is 41.3 Å². The first kappa shape index (κ1) is 17.1. The summed E-state index contributed by atoms with van der Waals surface area (Å²) < 4.78 is 7.17. The summed E-state index contributed by atoms with van der Waals surface area (Å²) >= 11 is 1.75. The molecule has 2 aromatic rings. The van der Waals surface area contributed by atoms with Crippen LogP contribution < -0.4 is 10.6 Å². The van der Waals surface area contributed by atoms with Crippen molar-refractivity contribution < 1.29 is 14.3 Å². The van der Waals surface area contributed by atoms with Crippen LogP contribution in [0.4, 0.5) is 5.82 Å². The number of hydrogen-bond acceptors (Lipinski definition) is 5. The predicted octanol–water partition coefficient (Wildman–Crippen LogP) is 1.85. The second-order valence-electron chi connectivity index (χ2n) is 6.31. The lowest BCUT2D eigenvalue weighted by Crippen LogP contribution is -2.39. The summed E-state index contributed by atoms with van der Waals surface area (Å²) in [6.45, 7) is 1.07. The van der Waals surface area contributed by atoms with E-state index in [1.807, 2.05) is 30.3 Å². The van der Waals surface area contributed by atoms with Crippen LogP contribution in [0.25, 0.3) is 5.69 Å². The molecular weight excluding hydrogens is 352 g/mol. The lowest BCUT2D eigenvalue weighted by molar-refractivity contribution is -0.136. The van der Waals surface area contributed by atoms with Gasteiger partial charge in [0.2, 0.25) is 0 Å². The maximum Gasteiger partial charge on any atom is 0.314 e. The van der Waals surface area contributed by atoms with E-state index < -0.39 is 11.8 Å². The molecule has 2 aliphatic rings. The lowest BCUT2D eigenvalue weighted by Gasteiger charge is -2.12. The predicted molar refractivity (Wildman–Crippen MR) is 99.2 cm³/mol. The van der Waals surface area contributed by atoms with E-state index in [0.29, 0.717) is 19.0 Å². The highest BCUT2D eigenvalue weighted by Crippen LogP contribution is 2.35. The number of carbonyl (C=O) groups excluding carboxylic acids is 2. The summed E-state index contributed by atoms with van der Waals surface area (Å²) in [6.07, 6.45) is 1.91. The van der Waals surface area contributed by atoms with Gasteiger partial charge in [0.05, 0.1) is 17.5 Å². The van der Waals surface area contributed by atoms with Crippen LogP contribution in [0.15, 0.2) is 30.3 Å². The molecular formula is C18H20N4O3S. The molecule has 7 nitrogen and oxygen atoms in total. The Morgan fingerprint density at radius 2 is 2.08 bits per heavy atom. The third-order valence-electron chi connectivity index (χ3n) is 4.51. The first-order chi connectivity index (χ1) is 12.7. The van der Waals surface area contributed by atoms with E-state index in [-0.39, 0.29) is 6.10 Å². The van der Waals surface area contributed by atoms with Gasteiger partial charge >= 0.3 is 11.8 Å². The Hall–Kier alpha value is -2.32. The smallest absolute Gasteiger partial charge is 0.314 e. The molecule has 0 unspecified atom stereocenters. The van der Waals surface area contributed by atoms with Gasteiger partial charge in [-0.25, -0.2) is 4.68 Å². The van der Waals surface area contributed by atoms with Gasteiger partial charge in [0.25, 0.3) is 0 Å². The molecule has 0 aliphatic carbocycles. The van der Waals surface area contributed by atoms with Gasteiger partial charge in [-0.1, -0.05) is 18.2 Å². The molecule has 26 heavy (non-hydrogen) atoms. The standard InChI is InChI=1S/C18H20N4O3S/c23-17(19-9-13-7-4-8-25-13)18(24)20-16-14-10-26-11-15(14)21-22(16)12-5-2-1-3-6-12/h1-3,5-6,13H,4,7-11H2,(H,19,23)(H,20,24)/t13-/m1/s1. The first-order valence-corrected chi connectivity index (χ1v) is 9.82. The van der Waals surface area contributed by atoms with Crippen LogP contribution in [0.5, 0.6) is 0 Å². The highest BCUT2D eigenvalue weighted by molar-refractivity contribution is 7.98. The largest absolute Gasteiger partial charge is 0.376 e. The minimum atomic E-state index is -0.681. The van der Waals surface area contributed by atoms with Crippen LogP contribution in [0.3, 0.4) is 0 Å². The van der Waals surface area contributed by atoms with Crippen molar-refractivity contribution >= 4 is 29.4 Å². The van der Waals surface area contributed by atoms with E-state index in [1.54, 1.807) is 16.4 Å². The molecule has 2 N–H and O–H groups in total. The minimum Gasteiger partial charge on any atom is -0.376 e. The zero-order valence-electron chi connectivity index (χ0n) is 14.2. The van der Waals surface area contributed by atoms with Gasteiger partial charge in [-0.2, -0.15) is 16.9 Å². The molecule has 0 radical (unpaired) electrons. The number of thioether (sulfide) groups is 1. The topological polar surface area (TPSA) is 85.2 Å². The van der Waals surface area contributed by atoms with Crippen molar-refractivity contribution in [3.63, 3.8) is 0 Å². The number of benzene rings is 1. The van der Waals surface area contributed by atoms with E-state index in [4.69, 9.17) is 4.74 Å². The number of para-hydroxylation sites is 1. The summed E-state index contributed by atoms with van der Waals surface area (Å²) in [7, 11) is 0. The summed E-state index contributed by atoms with van der Waals surface area (Å²) in [6, 6.07) is 9.59. The molecule has 1 saturated heterocycles. The molecule has 1 fully saturated rings. The fourth-order valence-corrected chi connectivity index (χ4v) is 4.19. The van der Waals surface area contributed by atoms with Crippen molar-refractivity contribution in [1.29, 1.82) is 0 Å². The summed E-state index contributed by atoms with van der Waals surface area (Å²) in [5.41, 5.74) is 2.79. The van der Waals surface area contributed by atoms with Crippen LogP contribution in [-0.4, -0.2) is 40.9 Å². The fourth-order valence-electron chi connectivity index (χ4n) is 3.15. The van der Waals surface area contributed by atoms with E-state index >= 15 is 0 Å². The van der Waals surface area contributed by atoms with Gasteiger partial charge in [0.15, 0.2) is 0 Å². The van der Waals surface area contributed by atoms with Crippen molar-refractivity contribution in [1.82, 2.24) is 15.1 Å². The van der Waals surface area contributed by atoms with Gasteiger partial charge in [-0.05, 0) is 25.0 Å². The van der Waals surface area contributed by atoms with Crippen molar-refractivity contribution in [2.75, 3.05) is 18.5 Å². The van der Waals surface area contributed by atoms with Crippen molar-refractivity contribution in [2.45, 2.75) is 30.5 Å². The Kier molecular flexibility index (Phi) is 4.94. The van der Waals surface area contributed by atoms with Crippen LogP contribution in [-0.2, 0) is 25.8 Å². The molecule has 136 valence electrons. The number of fused-ring (bicyclic) bond motifs is 1. The highest BCUT2D eigenvalue weighted by atomic mass is 32.2. The summed E-state index contributed by atoms with van der Waals surface area (Å²) in [4.78, 5) is 24.5. The number of nitrogens with zero attached hydrogens (tertiary/aromatic N) is 2. The Bertz CT molecular complexity index is 815. The molecule has 1 aromatic heterocycles. The molecule has 2 amide bonds. The lowest BCUT2D eigenvalue weighted by atomic mass is 10.2. The van der Waals surface area contributed by atoms with Gasteiger partial charge in [0, 0.05) is 30.2 Å². The second-order valence-corrected chi connectivity index (χ2v) is 7.30. The number of ether oxygens (including phenoxy) is 1. The molecule has 0 bridgehead atoms. The molecule has 3 heterocycles. The summed E-state index contributed by atoms with van der Waals surface area (Å²) in [5, 5.41) is 10.0. The van der Waals surface area contributed by atoms with Gasteiger partial charge in [0.1, 0.15) is 5.82 Å². The van der Waals surface area contributed by atoms with E-state index in [1.165, 1.54) is 0 Å². The maximum atomic E-state index is 12.4. The van der Waals surface area contributed by atoms with Crippen LogP contribution in [0.2, 0.25) is 0 Å². The second kappa shape index (κ2) is 7.51. The average molecular weight is 372 g/mol. The SMILES string of the molecule is O=C(NC[C@H]1CCCO1)C(=O)Nc1c2c(nn1-c1ccccc1)CSC2. The number of aromatic nitrogens is 2. The third kappa shape index (κ3) is 3.47. The first-order valence-electron chi connectivity index (χ1n) is 8.67. The van der Waals surface area contributed by atoms with Crippen molar-refractivity contribution in [3.8, 4) is 5.69 Å². The molecule has 0 spiro atoms. The Morgan fingerprint density at radius 1 is 1.23 bits per heavy atom. The van der Waals surface area contributed by atoms with Crippen molar-refractivity contribution in [3.05, 3.63) is 41.6 Å². The number of hydrogen-bond donors (Lipinski definition) is 2.